The summed E-state index contributed by atoms with van der Waals surface area (Å²) in [5, 5.41) is 4.73. The van der Waals surface area contributed by atoms with Crippen molar-refractivity contribution in [2.45, 2.75) is 32.7 Å². The third-order valence-electron chi connectivity index (χ3n) is 6.01. The third-order valence-corrected chi connectivity index (χ3v) is 6.35. The first-order valence-corrected chi connectivity index (χ1v) is 11.2. The standard InChI is InChI=1S/C24H26ClFN4O2/c1-16-15-18(7-8-21(16)26)24-27-22(32-28-24)9-10-23(31)30-13-11-29(12-14-30)17(2)19-5-3-4-6-20(19)25/h3-8,15,17H,9-14H2,1-2H3. The normalized spacial score (nSPS) is 15.7. The zero-order valence-electron chi connectivity index (χ0n) is 18.2. The zero-order chi connectivity index (χ0) is 22.7. The summed E-state index contributed by atoms with van der Waals surface area (Å²) in [4.78, 5) is 21.3. The number of rotatable bonds is 6. The largest absolute Gasteiger partial charge is 0.340 e. The van der Waals surface area contributed by atoms with E-state index in [1.165, 1.54) is 6.07 Å². The van der Waals surface area contributed by atoms with Crippen LogP contribution in [0.1, 0.15) is 36.4 Å². The van der Waals surface area contributed by atoms with E-state index < -0.39 is 0 Å². The Kier molecular flexibility index (Phi) is 6.86. The van der Waals surface area contributed by atoms with E-state index >= 15 is 0 Å². The number of hydrogen-bond acceptors (Lipinski definition) is 5. The fourth-order valence-corrected chi connectivity index (χ4v) is 4.29. The van der Waals surface area contributed by atoms with Gasteiger partial charge >= 0.3 is 0 Å². The summed E-state index contributed by atoms with van der Waals surface area (Å²) in [6.45, 7) is 6.79. The quantitative estimate of drug-likeness (QED) is 0.539. The van der Waals surface area contributed by atoms with Crippen molar-refractivity contribution in [2.75, 3.05) is 26.2 Å². The van der Waals surface area contributed by atoms with Crippen LogP contribution in [-0.2, 0) is 11.2 Å². The molecule has 2 heterocycles. The fraction of sp³-hybridized carbons (Fsp3) is 0.375. The number of aromatic nitrogens is 2. The van der Waals surface area contributed by atoms with Gasteiger partial charge in [0.25, 0.3) is 0 Å². The minimum absolute atomic E-state index is 0.0763. The predicted octanol–water partition coefficient (Wildman–Crippen LogP) is 4.68. The van der Waals surface area contributed by atoms with E-state index in [0.29, 0.717) is 48.8 Å². The van der Waals surface area contributed by atoms with Crippen molar-refractivity contribution in [3.63, 3.8) is 0 Å². The number of hydrogen-bond donors (Lipinski definition) is 0. The number of amides is 1. The molecule has 0 saturated carbocycles. The number of piperazine rings is 1. The summed E-state index contributed by atoms with van der Waals surface area (Å²) in [7, 11) is 0. The first-order valence-electron chi connectivity index (χ1n) is 10.8. The number of nitrogens with zero attached hydrogens (tertiary/aromatic N) is 4. The van der Waals surface area contributed by atoms with Gasteiger partial charge in [-0.15, -0.1) is 0 Å². The van der Waals surface area contributed by atoms with Crippen LogP contribution in [0, 0.1) is 12.7 Å². The molecule has 1 amide bonds. The second-order valence-electron chi connectivity index (χ2n) is 8.09. The Morgan fingerprint density at radius 3 is 2.66 bits per heavy atom. The summed E-state index contributed by atoms with van der Waals surface area (Å²) >= 11 is 6.34. The molecule has 0 aliphatic carbocycles. The fourth-order valence-electron chi connectivity index (χ4n) is 4.00. The highest BCUT2D eigenvalue weighted by Gasteiger charge is 2.25. The molecule has 1 atom stereocenters. The minimum atomic E-state index is -0.274. The number of carbonyl (C=O) groups excluding carboxylic acids is 1. The number of aryl methyl sites for hydroxylation is 2. The van der Waals surface area contributed by atoms with Crippen molar-refractivity contribution in [1.82, 2.24) is 19.9 Å². The van der Waals surface area contributed by atoms with Gasteiger partial charge in [-0.3, -0.25) is 9.69 Å². The van der Waals surface area contributed by atoms with Gasteiger partial charge in [0.15, 0.2) is 0 Å². The lowest BCUT2D eigenvalue weighted by Gasteiger charge is -2.38. The van der Waals surface area contributed by atoms with Gasteiger partial charge in [-0.25, -0.2) is 4.39 Å². The van der Waals surface area contributed by atoms with E-state index in [9.17, 15) is 9.18 Å². The summed E-state index contributed by atoms with van der Waals surface area (Å²) in [5.41, 5.74) is 2.32. The molecule has 8 heteroatoms. The summed E-state index contributed by atoms with van der Waals surface area (Å²) in [6, 6.07) is 12.8. The molecule has 1 aliphatic heterocycles. The van der Waals surface area contributed by atoms with Crippen LogP contribution in [-0.4, -0.2) is 52.0 Å². The number of benzene rings is 2. The molecule has 0 bridgehead atoms. The maximum Gasteiger partial charge on any atom is 0.227 e. The third kappa shape index (κ3) is 5.00. The lowest BCUT2D eigenvalue weighted by Crippen LogP contribution is -2.49. The summed E-state index contributed by atoms with van der Waals surface area (Å²) in [5.74, 6) is 0.607. The Bertz CT molecular complexity index is 1100. The van der Waals surface area contributed by atoms with E-state index in [4.69, 9.17) is 16.1 Å². The van der Waals surface area contributed by atoms with Crippen LogP contribution in [0.2, 0.25) is 5.02 Å². The van der Waals surface area contributed by atoms with E-state index in [2.05, 4.69) is 28.0 Å². The summed E-state index contributed by atoms with van der Waals surface area (Å²) < 4.78 is 18.8. The number of carbonyl (C=O) groups is 1. The molecule has 1 saturated heterocycles. The second-order valence-corrected chi connectivity index (χ2v) is 8.50. The van der Waals surface area contributed by atoms with Gasteiger partial charge in [0.2, 0.25) is 17.6 Å². The van der Waals surface area contributed by atoms with Crippen LogP contribution in [0.15, 0.2) is 47.0 Å². The lowest BCUT2D eigenvalue weighted by atomic mass is 10.1. The molecule has 4 rings (SSSR count). The maximum absolute atomic E-state index is 13.5. The molecule has 0 N–H and O–H groups in total. The van der Waals surface area contributed by atoms with Crippen LogP contribution < -0.4 is 0 Å². The first-order chi connectivity index (χ1) is 15.4. The maximum atomic E-state index is 13.5. The van der Waals surface area contributed by atoms with Gasteiger partial charge in [0, 0.05) is 55.6 Å². The van der Waals surface area contributed by atoms with Crippen molar-refractivity contribution in [2.24, 2.45) is 0 Å². The highest BCUT2D eigenvalue weighted by Crippen LogP contribution is 2.28. The topological polar surface area (TPSA) is 62.5 Å². The van der Waals surface area contributed by atoms with Gasteiger partial charge in [-0.05, 0) is 49.2 Å². The molecule has 0 spiro atoms. The highest BCUT2D eigenvalue weighted by atomic mass is 35.5. The molecular weight excluding hydrogens is 431 g/mol. The average Bonchev–Trinajstić information content (AvgIpc) is 3.28. The Balaban J connectivity index is 1.28. The van der Waals surface area contributed by atoms with E-state index in [1.54, 1.807) is 19.1 Å². The Labute approximate surface area is 192 Å². The molecule has 1 aromatic heterocycles. The Morgan fingerprint density at radius 1 is 1.19 bits per heavy atom. The highest BCUT2D eigenvalue weighted by molar-refractivity contribution is 6.31. The molecule has 1 aliphatic rings. The molecular formula is C24H26ClFN4O2. The SMILES string of the molecule is Cc1cc(-c2noc(CCC(=O)N3CCN(C(C)c4ccccc4Cl)CC3)n2)ccc1F. The zero-order valence-corrected chi connectivity index (χ0v) is 19.0. The molecule has 1 unspecified atom stereocenters. The van der Waals surface area contributed by atoms with Crippen molar-refractivity contribution >= 4 is 17.5 Å². The van der Waals surface area contributed by atoms with E-state index in [-0.39, 0.29) is 17.8 Å². The van der Waals surface area contributed by atoms with Crippen molar-refractivity contribution in [3.8, 4) is 11.4 Å². The molecule has 32 heavy (non-hydrogen) atoms. The van der Waals surface area contributed by atoms with E-state index in [0.717, 1.165) is 23.7 Å². The molecule has 1 fully saturated rings. The van der Waals surface area contributed by atoms with Crippen molar-refractivity contribution in [1.29, 1.82) is 0 Å². The van der Waals surface area contributed by atoms with Crippen molar-refractivity contribution in [3.05, 3.63) is 70.3 Å². The van der Waals surface area contributed by atoms with Crippen LogP contribution in [0.4, 0.5) is 4.39 Å². The monoisotopic (exact) mass is 456 g/mol. The first kappa shape index (κ1) is 22.4. The van der Waals surface area contributed by atoms with Gasteiger partial charge < -0.3 is 9.42 Å². The van der Waals surface area contributed by atoms with Gasteiger partial charge in [0.1, 0.15) is 5.82 Å². The minimum Gasteiger partial charge on any atom is -0.340 e. The molecule has 2 aromatic carbocycles. The van der Waals surface area contributed by atoms with Gasteiger partial charge in [-0.2, -0.15) is 4.98 Å². The van der Waals surface area contributed by atoms with Crippen LogP contribution >= 0.6 is 11.6 Å². The second kappa shape index (κ2) is 9.79. The van der Waals surface area contributed by atoms with Crippen LogP contribution in [0.25, 0.3) is 11.4 Å². The predicted molar refractivity (Wildman–Crippen MR) is 121 cm³/mol. The van der Waals surface area contributed by atoms with Crippen molar-refractivity contribution < 1.29 is 13.7 Å². The van der Waals surface area contributed by atoms with Crippen LogP contribution in [0.3, 0.4) is 0 Å². The molecule has 168 valence electrons. The van der Waals surface area contributed by atoms with E-state index in [1.807, 2.05) is 23.1 Å². The lowest BCUT2D eigenvalue weighted by molar-refractivity contribution is -0.133. The molecule has 0 radical (unpaired) electrons. The summed E-state index contributed by atoms with van der Waals surface area (Å²) in [6.07, 6.45) is 0.687. The molecule has 6 nitrogen and oxygen atoms in total. The Hall–Kier alpha value is -2.77. The Morgan fingerprint density at radius 2 is 1.94 bits per heavy atom. The smallest absolute Gasteiger partial charge is 0.227 e. The average molecular weight is 457 g/mol. The molecule has 3 aromatic rings. The number of halogens is 2. The van der Waals surface area contributed by atoms with Crippen LogP contribution in [0.5, 0.6) is 0 Å². The van der Waals surface area contributed by atoms with Gasteiger partial charge in [-0.1, -0.05) is 35.0 Å². The van der Waals surface area contributed by atoms with Gasteiger partial charge in [0.05, 0.1) is 0 Å².